The lowest BCUT2D eigenvalue weighted by molar-refractivity contribution is -0.137. The summed E-state index contributed by atoms with van der Waals surface area (Å²) < 4.78 is 51.3. The molecule has 2 aromatic carbocycles. The third kappa shape index (κ3) is 4.31. The minimum Gasteiger partial charge on any atom is -0.318 e. The van der Waals surface area contributed by atoms with Crippen LogP contribution < -0.4 is 10.6 Å². The highest BCUT2D eigenvalue weighted by Crippen LogP contribution is 2.31. The van der Waals surface area contributed by atoms with E-state index in [1.165, 1.54) is 0 Å². The Labute approximate surface area is 134 Å². The van der Waals surface area contributed by atoms with Gasteiger partial charge in [0.25, 0.3) is 0 Å². The molecule has 0 aliphatic rings. The normalized spacial score (nSPS) is 11.0. The first-order valence-electron chi connectivity index (χ1n) is 6.72. The van der Waals surface area contributed by atoms with Crippen LogP contribution in [-0.4, -0.2) is 11.8 Å². The Morgan fingerprint density at radius 3 is 2.08 bits per heavy atom. The third-order valence-corrected chi connectivity index (χ3v) is 3.06. The van der Waals surface area contributed by atoms with Crippen LogP contribution in [0.3, 0.4) is 0 Å². The van der Waals surface area contributed by atoms with Gasteiger partial charge in [-0.3, -0.25) is 9.59 Å². The van der Waals surface area contributed by atoms with Crippen molar-refractivity contribution in [1.82, 2.24) is 0 Å². The van der Waals surface area contributed by atoms with Crippen LogP contribution in [0.5, 0.6) is 0 Å². The standard InChI is InChI=1S/C16H12F4N2O2/c1-9-2-5-11(6-3-9)21-14(23)15(24)22-13-8-10(16(18,19)20)4-7-12(13)17/h2-8H,1H3,(H,21,23)(H,22,24). The van der Waals surface area contributed by atoms with Crippen LogP contribution in [0, 0.1) is 12.7 Å². The zero-order valence-electron chi connectivity index (χ0n) is 12.4. The van der Waals surface area contributed by atoms with Crippen LogP contribution in [0.1, 0.15) is 11.1 Å². The van der Waals surface area contributed by atoms with E-state index in [1.807, 2.05) is 12.2 Å². The van der Waals surface area contributed by atoms with Gasteiger partial charge >= 0.3 is 18.0 Å². The molecule has 126 valence electrons. The highest BCUT2D eigenvalue weighted by Gasteiger charge is 2.31. The number of amides is 2. The Morgan fingerprint density at radius 1 is 0.917 bits per heavy atom. The van der Waals surface area contributed by atoms with Crippen LogP contribution in [0.15, 0.2) is 42.5 Å². The summed E-state index contributed by atoms with van der Waals surface area (Å²) in [6.45, 7) is 1.83. The largest absolute Gasteiger partial charge is 0.416 e. The lowest BCUT2D eigenvalue weighted by atomic mass is 10.2. The minimum atomic E-state index is -4.70. The van der Waals surface area contributed by atoms with E-state index in [0.717, 1.165) is 5.56 Å². The summed E-state index contributed by atoms with van der Waals surface area (Å²) in [5.41, 5.74) is -0.610. The van der Waals surface area contributed by atoms with Crippen LogP contribution in [0.25, 0.3) is 0 Å². The molecule has 2 aromatic rings. The fourth-order valence-corrected chi connectivity index (χ4v) is 1.80. The molecule has 0 unspecified atom stereocenters. The smallest absolute Gasteiger partial charge is 0.318 e. The molecule has 8 heteroatoms. The number of alkyl halides is 3. The van der Waals surface area contributed by atoms with Crippen molar-refractivity contribution in [3.8, 4) is 0 Å². The summed E-state index contributed by atoms with van der Waals surface area (Å²) >= 11 is 0. The maximum atomic E-state index is 13.5. The number of nitrogens with one attached hydrogen (secondary N) is 2. The van der Waals surface area contributed by atoms with E-state index >= 15 is 0 Å². The van der Waals surface area contributed by atoms with Gasteiger partial charge in [0.05, 0.1) is 11.3 Å². The van der Waals surface area contributed by atoms with Gasteiger partial charge in [0.15, 0.2) is 0 Å². The van der Waals surface area contributed by atoms with Crippen molar-refractivity contribution in [1.29, 1.82) is 0 Å². The molecule has 0 bridgehead atoms. The topological polar surface area (TPSA) is 58.2 Å². The summed E-state index contributed by atoms with van der Waals surface area (Å²) in [4.78, 5) is 23.5. The zero-order chi connectivity index (χ0) is 17.9. The summed E-state index contributed by atoms with van der Waals surface area (Å²) in [6, 6.07) is 8.01. The maximum Gasteiger partial charge on any atom is 0.416 e. The Morgan fingerprint density at radius 2 is 1.50 bits per heavy atom. The molecule has 0 heterocycles. The molecule has 0 aromatic heterocycles. The van der Waals surface area contributed by atoms with E-state index in [4.69, 9.17) is 0 Å². The van der Waals surface area contributed by atoms with Gasteiger partial charge < -0.3 is 10.6 Å². The molecular formula is C16H12F4N2O2. The van der Waals surface area contributed by atoms with Gasteiger partial charge in [0.2, 0.25) is 0 Å². The fraction of sp³-hybridized carbons (Fsp3) is 0.125. The SMILES string of the molecule is Cc1ccc(NC(=O)C(=O)Nc2cc(C(F)(F)F)ccc2F)cc1. The third-order valence-electron chi connectivity index (χ3n) is 3.06. The van der Waals surface area contributed by atoms with E-state index in [-0.39, 0.29) is 0 Å². The van der Waals surface area contributed by atoms with Crippen molar-refractivity contribution < 1.29 is 27.2 Å². The molecule has 2 rings (SSSR count). The summed E-state index contributed by atoms with van der Waals surface area (Å²) in [6.07, 6.45) is -4.70. The Kier molecular flexibility index (Phi) is 4.87. The molecule has 0 aliphatic heterocycles. The van der Waals surface area contributed by atoms with Gasteiger partial charge in [-0.1, -0.05) is 17.7 Å². The fourth-order valence-electron chi connectivity index (χ4n) is 1.80. The van der Waals surface area contributed by atoms with Crippen molar-refractivity contribution in [3.63, 3.8) is 0 Å². The van der Waals surface area contributed by atoms with Gasteiger partial charge in [0, 0.05) is 5.69 Å². The molecule has 24 heavy (non-hydrogen) atoms. The predicted octanol–water partition coefficient (Wildman–Crippen LogP) is 3.73. The van der Waals surface area contributed by atoms with Gasteiger partial charge in [-0.05, 0) is 37.3 Å². The van der Waals surface area contributed by atoms with Crippen molar-refractivity contribution in [2.75, 3.05) is 10.6 Å². The second-order valence-corrected chi connectivity index (χ2v) is 4.97. The first-order chi connectivity index (χ1) is 11.2. The van der Waals surface area contributed by atoms with Crippen LogP contribution in [0.2, 0.25) is 0 Å². The van der Waals surface area contributed by atoms with Gasteiger partial charge in [-0.15, -0.1) is 0 Å². The highest BCUT2D eigenvalue weighted by atomic mass is 19.4. The van der Waals surface area contributed by atoms with Crippen molar-refractivity contribution in [3.05, 3.63) is 59.4 Å². The minimum absolute atomic E-state index is 0.324. The zero-order valence-corrected chi connectivity index (χ0v) is 12.4. The maximum absolute atomic E-state index is 13.5. The Hall–Kier alpha value is -2.90. The number of anilines is 2. The van der Waals surface area contributed by atoms with Gasteiger partial charge in [0.1, 0.15) is 5.82 Å². The van der Waals surface area contributed by atoms with Gasteiger partial charge in [-0.2, -0.15) is 13.2 Å². The van der Waals surface area contributed by atoms with E-state index in [9.17, 15) is 27.2 Å². The molecule has 0 radical (unpaired) electrons. The predicted molar refractivity (Wildman–Crippen MR) is 79.8 cm³/mol. The summed E-state index contributed by atoms with van der Waals surface area (Å²) in [7, 11) is 0. The van der Waals surface area contributed by atoms with Crippen LogP contribution >= 0.6 is 0 Å². The van der Waals surface area contributed by atoms with E-state index < -0.39 is 35.1 Å². The van der Waals surface area contributed by atoms with E-state index in [0.29, 0.717) is 23.9 Å². The number of hydrogen-bond acceptors (Lipinski definition) is 2. The first-order valence-corrected chi connectivity index (χ1v) is 6.72. The monoisotopic (exact) mass is 340 g/mol. The number of aryl methyl sites for hydroxylation is 1. The number of carbonyl (C=O) groups is 2. The number of carbonyl (C=O) groups excluding carboxylic acids is 2. The molecule has 2 N–H and O–H groups in total. The number of halogens is 4. The summed E-state index contributed by atoms with van der Waals surface area (Å²) in [5.74, 6) is -3.50. The average molecular weight is 340 g/mol. The second-order valence-electron chi connectivity index (χ2n) is 4.97. The average Bonchev–Trinajstić information content (AvgIpc) is 2.50. The second kappa shape index (κ2) is 6.69. The van der Waals surface area contributed by atoms with Crippen LogP contribution in [-0.2, 0) is 15.8 Å². The van der Waals surface area contributed by atoms with Crippen molar-refractivity contribution >= 4 is 23.2 Å². The first kappa shape index (κ1) is 17.5. The molecular weight excluding hydrogens is 328 g/mol. The van der Waals surface area contributed by atoms with Crippen molar-refractivity contribution in [2.24, 2.45) is 0 Å². The molecule has 0 atom stereocenters. The number of hydrogen-bond donors (Lipinski definition) is 2. The molecule has 0 spiro atoms. The number of rotatable bonds is 2. The highest BCUT2D eigenvalue weighted by molar-refractivity contribution is 6.43. The van der Waals surface area contributed by atoms with Crippen molar-refractivity contribution in [2.45, 2.75) is 13.1 Å². The van der Waals surface area contributed by atoms with E-state index in [2.05, 4.69) is 5.32 Å². The Balaban J connectivity index is 2.11. The molecule has 0 aliphatic carbocycles. The van der Waals surface area contributed by atoms with E-state index in [1.54, 1.807) is 24.3 Å². The number of benzene rings is 2. The molecule has 0 fully saturated rings. The quantitative estimate of drug-likeness (QED) is 0.646. The lowest BCUT2D eigenvalue weighted by Gasteiger charge is -2.11. The molecule has 0 saturated heterocycles. The lowest BCUT2D eigenvalue weighted by Crippen LogP contribution is -2.29. The molecule has 0 saturated carbocycles. The van der Waals surface area contributed by atoms with Gasteiger partial charge in [-0.25, -0.2) is 4.39 Å². The molecule has 4 nitrogen and oxygen atoms in total. The summed E-state index contributed by atoms with van der Waals surface area (Å²) in [5, 5.41) is 4.09. The van der Waals surface area contributed by atoms with Crippen LogP contribution in [0.4, 0.5) is 28.9 Å². The Bertz CT molecular complexity index is 771. The molecule has 2 amide bonds.